The van der Waals surface area contributed by atoms with Crippen molar-refractivity contribution in [1.29, 1.82) is 0 Å². The van der Waals surface area contributed by atoms with Crippen LogP contribution in [0.3, 0.4) is 0 Å². The molecule has 4 heteroatoms. The van der Waals surface area contributed by atoms with Crippen molar-refractivity contribution in [1.82, 2.24) is 0 Å². The van der Waals surface area contributed by atoms with Crippen molar-refractivity contribution in [2.24, 2.45) is 5.41 Å². The first-order chi connectivity index (χ1) is 14.3. The van der Waals surface area contributed by atoms with Gasteiger partial charge in [-0.2, -0.15) is 0 Å². The number of benzene rings is 1. The monoisotopic (exact) mass is 420 g/mol. The van der Waals surface area contributed by atoms with Gasteiger partial charge in [-0.1, -0.05) is 77.7 Å². The van der Waals surface area contributed by atoms with Gasteiger partial charge >= 0.3 is 5.97 Å². The Bertz CT molecular complexity index is 609. The van der Waals surface area contributed by atoms with E-state index >= 15 is 0 Å². The van der Waals surface area contributed by atoms with E-state index in [1.807, 2.05) is 19.9 Å². The first-order valence-corrected chi connectivity index (χ1v) is 12.0. The van der Waals surface area contributed by atoms with Gasteiger partial charge in [-0.3, -0.25) is 4.79 Å². The fourth-order valence-electron chi connectivity index (χ4n) is 3.94. The van der Waals surface area contributed by atoms with Crippen molar-refractivity contribution in [3.05, 3.63) is 23.8 Å². The zero-order chi connectivity index (χ0) is 22.4. The smallest absolute Gasteiger partial charge is 0.311 e. The van der Waals surface area contributed by atoms with Gasteiger partial charge in [0.05, 0.1) is 12.0 Å². The lowest BCUT2D eigenvalue weighted by molar-refractivity contribution is -0.154. The van der Waals surface area contributed by atoms with Crippen LogP contribution in [0, 0.1) is 5.41 Å². The normalized spacial score (nSPS) is 12.7. The van der Waals surface area contributed by atoms with Crippen molar-refractivity contribution in [3.8, 4) is 11.5 Å². The fourth-order valence-corrected chi connectivity index (χ4v) is 3.94. The molecule has 0 aliphatic heterocycles. The van der Waals surface area contributed by atoms with E-state index in [4.69, 9.17) is 4.74 Å². The van der Waals surface area contributed by atoms with Crippen molar-refractivity contribution in [3.63, 3.8) is 0 Å². The van der Waals surface area contributed by atoms with Crippen LogP contribution >= 0.6 is 0 Å². The molecule has 1 rings (SSSR count). The molecule has 0 aliphatic carbocycles. The number of hydrogen-bond donors (Lipinski definition) is 2. The van der Waals surface area contributed by atoms with Gasteiger partial charge in [0.1, 0.15) is 0 Å². The van der Waals surface area contributed by atoms with E-state index in [0.717, 1.165) is 24.8 Å². The van der Waals surface area contributed by atoms with Gasteiger partial charge in [-0.25, -0.2) is 0 Å². The molecule has 1 aromatic carbocycles. The number of esters is 1. The zero-order valence-electron chi connectivity index (χ0n) is 19.7. The van der Waals surface area contributed by atoms with E-state index in [-0.39, 0.29) is 23.4 Å². The molecule has 30 heavy (non-hydrogen) atoms. The number of hydrogen-bond acceptors (Lipinski definition) is 4. The molecular weight excluding hydrogens is 376 g/mol. The van der Waals surface area contributed by atoms with E-state index in [1.165, 1.54) is 57.4 Å². The predicted octanol–water partition coefficient (Wildman–Crippen LogP) is 7.47. The van der Waals surface area contributed by atoms with Gasteiger partial charge in [0, 0.05) is 0 Å². The summed E-state index contributed by atoms with van der Waals surface area (Å²) in [6, 6.07) is 4.91. The summed E-state index contributed by atoms with van der Waals surface area (Å²) in [5, 5.41) is 19.3. The van der Waals surface area contributed by atoms with E-state index in [0.29, 0.717) is 13.0 Å². The van der Waals surface area contributed by atoms with Crippen LogP contribution in [0.25, 0.3) is 0 Å². The van der Waals surface area contributed by atoms with Crippen LogP contribution in [0.5, 0.6) is 11.5 Å². The molecule has 0 spiro atoms. The number of phenolic OH excluding ortho intramolecular Hbond substituents is 2. The minimum absolute atomic E-state index is 0.118. The highest BCUT2D eigenvalue weighted by atomic mass is 16.5. The molecule has 4 nitrogen and oxygen atoms in total. The Morgan fingerprint density at radius 2 is 1.47 bits per heavy atom. The standard InChI is InChI=1S/C26H44O4/c1-5-7-8-9-10-11-12-13-14-15-18-30-25(29)26(3,4)20-21(6-2)22-16-17-23(27)24(28)19-22/h16-17,19,21,27-28H,5-15,18,20H2,1-4H3. The maximum Gasteiger partial charge on any atom is 0.311 e. The lowest BCUT2D eigenvalue weighted by Crippen LogP contribution is -2.29. The first-order valence-electron chi connectivity index (χ1n) is 12.0. The average Bonchev–Trinajstić information content (AvgIpc) is 2.72. The predicted molar refractivity (Wildman–Crippen MR) is 124 cm³/mol. The fraction of sp³-hybridized carbons (Fsp3) is 0.731. The summed E-state index contributed by atoms with van der Waals surface area (Å²) >= 11 is 0. The Hall–Kier alpha value is -1.71. The lowest BCUT2D eigenvalue weighted by atomic mass is 9.78. The van der Waals surface area contributed by atoms with Crippen LogP contribution in [0.4, 0.5) is 0 Å². The summed E-state index contributed by atoms with van der Waals surface area (Å²) in [5.74, 6) is -0.271. The average molecular weight is 421 g/mol. The number of ether oxygens (including phenoxy) is 1. The Kier molecular flexibility index (Phi) is 12.6. The number of unbranched alkanes of at least 4 members (excludes halogenated alkanes) is 9. The van der Waals surface area contributed by atoms with Crippen molar-refractivity contribution in [2.75, 3.05) is 6.61 Å². The molecule has 1 aromatic rings. The highest BCUT2D eigenvalue weighted by Crippen LogP contribution is 2.37. The second-order valence-electron chi connectivity index (χ2n) is 9.26. The molecule has 0 fully saturated rings. The van der Waals surface area contributed by atoms with Crippen LogP contribution in [0.15, 0.2) is 18.2 Å². The quantitative estimate of drug-likeness (QED) is 0.165. The number of rotatable bonds is 16. The third kappa shape index (κ3) is 9.86. The van der Waals surface area contributed by atoms with E-state index < -0.39 is 5.41 Å². The summed E-state index contributed by atoms with van der Waals surface area (Å²) < 4.78 is 5.57. The number of carbonyl (C=O) groups is 1. The van der Waals surface area contributed by atoms with Crippen molar-refractivity contribution < 1.29 is 19.7 Å². The van der Waals surface area contributed by atoms with Crippen LogP contribution in [-0.2, 0) is 9.53 Å². The third-order valence-corrected chi connectivity index (χ3v) is 6.00. The van der Waals surface area contributed by atoms with Gasteiger partial charge in [0.2, 0.25) is 0 Å². The van der Waals surface area contributed by atoms with E-state index in [1.54, 1.807) is 6.07 Å². The van der Waals surface area contributed by atoms with Gasteiger partial charge in [0.25, 0.3) is 0 Å². The molecule has 0 aliphatic rings. The molecule has 0 saturated heterocycles. The van der Waals surface area contributed by atoms with E-state index in [2.05, 4.69) is 13.8 Å². The Morgan fingerprint density at radius 1 is 0.900 bits per heavy atom. The van der Waals surface area contributed by atoms with E-state index in [9.17, 15) is 15.0 Å². The van der Waals surface area contributed by atoms with Crippen molar-refractivity contribution in [2.45, 2.75) is 111 Å². The molecule has 0 bridgehead atoms. The molecular formula is C26H44O4. The van der Waals surface area contributed by atoms with Gasteiger partial charge in [-0.05, 0) is 56.7 Å². The highest BCUT2D eigenvalue weighted by Gasteiger charge is 2.32. The second kappa shape index (κ2) is 14.3. The van der Waals surface area contributed by atoms with Crippen LogP contribution in [0.2, 0.25) is 0 Å². The molecule has 1 unspecified atom stereocenters. The third-order valence-electron chi connectivity index (χ3n) is 6.00. The summed E-state index contributed by atoms with van der Waals surface area (Å²) in [6.45, 7) is 8.67. The first kappa shape index (κ1) is 26.3. The van der Waals surface area contributed by atoms with Crippen molar-refractivity contribution >= 4 is 5.97 Å². The Morgan fingerprint density at radius 3 is 2.00 bits per heavy atom. The largest absolute Gasteiger partial charge is 0.504 e. The summed E-state index contributed by atoms with van der Waals surface area (Å²) in [4.78, 5) is 12.6. The second-order valence-corrected chi connectivity index (χ2v) is 9.26. The summed E-state index contributed by atoms with van der Waals surface area (Å²) in [5.41, 5.74) is 0.343. The summed E-state index contributed by atoms with van der Waals surface area (Å²) in [7, 11) is 0. The van der Waals surface area contributed by atoms with Gasteiger partial charge in [0.15, 0.2) is 11.5 Å². The SMILES string of the molecule is CCCCCCCCCCCCOC(=O)C(C)(C)CC(CC)c1ccc(O)c(O)c1. The highest BCUT2D eigenvalue weighted by molar-refractivity contribution is 5.76. The lowest BCUT2D eigenvalue weighted by Gasteiger charge is -2.28. The molecule has 0 heterocycles. The Balaban J connectivity index is 2.28. The zero-order valence-corrected chi connectivity index (χ0v) is 19.7. The minimum Gasteiger partial charge on any atom is -0.504 e. The summed E-state index contributed by atoms with van der Waals surface area (Å²) in [6.07, 6.45) is 14.1. The topological polar surface area (TPSA) is 66.8 Å². The van der Waals surface area contributed by atoms with Gasteiger partial charge in [-0.15, -0.1) is 0 Å². The number of carbonyl (C=O) groups excluding carboxylic acids is 1. The molecule has 0 radical (unpaired) electrons. The maximum absolute atomic E-state index is 12.6. The molecule has 1 atom stereocenters. The van der Waals surface area contributed by atoms with Crippen LogP contribution in [-0.4, -0.2) is 22.8 Å². The molecule has 2 N–H and O–H groups in total. The molecule has 0 saturated carbocycles. The Labute approximate surface area is 184 Å². The maximum atomic E-state index is 12.6. The molecule has 172 valence electrons. The van der Waals surface area contributed by atoms with Crippen LogP contribution < -0.4 is 0 Å². The van der Waals surface area contributed by atoms with Gasteiger partial charge < -0.3 is 14.9 Å². The molecule has 0 amide bonds. The number of phenols is 2. The number of aromatic hydroxyl groups is 2. The molecule has 0 aromatic heterocycles. The minimum atomic E-state index is -0.591. The van der Waals surface area contributed by atoms with Crippen LogP contribution in [0.1, 0.15) is 116 Å².